The zero-order valence-electron chi connectivity index (χ0n) is 17.7. The normalized spacial score (nSPS) is 18.1. The van der Waals surface area contributed by atoms with Gasteiger partial charge >= 0.3 is 5.69 Å². The number of benzene rings is 2. The highest BCUT2D eigenvalue weighted by Crippen LogP contribution is 2.35. The third kappa shape index (κ3) is 3.98. The number of aromatic nitrogens is 2. The highest BCUT2D eigenvalue weighted by molar-refractivity contribution is 5.90. The molecule has 0 radical (unpaired) electrons. The van der Waals surface area contributed by atoms with Gasteiger partial charge in [-0.05, 0) is 62.3 Å². The molecular formula is C25H32N4O. The lowest BCUT2D eigenvalue weighted by atomic mass is 9.89. The number of piperidine rings is 1. The number of nitrogens with one attached hydrogen (secondary N) is 2. The van der Waals surface area contributed by atoms with Crippen LogP contribution < -0.4 is 15.9 Å². The summed E-state index contributed by atoms with van der Waals surface area (Å²) in [5.41, 5.74) is 5.35. The zero-order valence-corrected chi connectivity index (χ0v) is 17.7. The Kier molecular flexibility index (Phi) is 5.52. The number of hydrogen-bond acceptors (Lipinski definition) is 3. The first-order valence-corrected chi connectivity index (χ1v) is 11.6. The van der Waals surface area contributed by atoms with Crippen LogP contribution in [0.1, 0.15) is 51.4 Å². The van der Waals surface area contributed by atoms with Gasteiger partial charge in [0.25, 0.3) is 0 Å². The fourth-order valence-corrected chi connectivity index (χ4v) is 5.18. The van der Waals surface area contributed by atoms with E-state index in [0.717, 1.165) is 42.0 Å². The van der Waals surface area contributed by atoms with Crippen molar-refractivity contribution in [2.24, 2.45) is 5.92 Å². The van der Waals surface area contributed by atoms with Crippen molar-refractivity contribution in [1.29, 1.82) is 0 Å². The molecule has 1 aromatic heterocycles. The Morgan fingerprint density at radius 3 is 2.43 bits per heavy atom. The Bertz CT molecular complexity index is 1040. The molecule has 5 rings (SSSR count). The summed E-state index contributed by atoms with van der Waals surface area (Å²) in [5, 5.41) is 3.60. The number of rotatable bonds is 5. The van der Waals surface area contributed by atoms with Crippen molar-refractivity contribution in [2.45, 2.75) is 57.9 Å². The van der Waals surface area contributed by atoms with Crippen LogP contribution in [0.5, 0.6) is 0 Å². The van der Waals surface area contributed by atoms with E-state index < -0.39 is 0 Å². The van der Waals surface area contributed by atoms with Gasteiger partial charge in [0.05, 0.1) is 22.4 Å². The molecule has 0 spiro atoms. The fraction of sp³-hybridized carbons (Fsp3) is 0.480. The largest absolute Gasteiger partial charge is 0.370 e. The lowest BCUT2D eigenvalue weighted by Gasteiger charge is -2.31. The minimum atomic E-state index is 0.0250. The van der Waals surface area contributed by atoms with E-state index in [1.807, 2.05) is 22.8 Å². The third-order valence-corrected chi connectivity index (χ3v) is 6.81. The number of para-hydroxylation sites is 1. The second-order valence-electron chi connectivity index (χ2n) is 8.97. The van der Waals surface area contributed by atoms with Crippen molar-refractivity contribution in [3.05, 3.63) is 52.9 Å². The Labute approximate surface area is 178 Å². The van der Waals surface area contributed by atoms with Crippen LogP contribution in [0.15, 0.2) is 47.3 Å². The molecule has 1 saturated carbocycles. The molecule has 158 valence electrons. The number of fused-ring (bicyclic) bond motifs is 1. The smallest absolute Gasteiger partial charge is 0.326 e. The molecule has 2 fully saturated rings. The maximum Gasteiger partial charge on any atom is 0.326 e. The van der Waals surface area contributed by atoms with Crippen molar-refractivity contribution in [3.63, 3.8) is 0 Å². The van der Waals surface area contributed by atoms with Crippen molar-refractivity contribution in [2.75, 3.05) is 23.3 Å². The summed E-state index contributed by atoms with van der Waals surface area (Å²) in [6.45, 7) is 2.99. The van der Waals surface area contributed by atoms with Gasteiger partial charge in [0.15, 0.2) is 0 Å². The molecule has 30 heavy (non-hydrogen) atoms. The zero-order chi connectivity index (χ0) is 20.3. The Morgan fingerprint density at radius 2 is 1.67 bits per heavy atom. The molecule has 2 N–H and O–H groups in total. The Morgan fingerprint density at radius 1 is 0.933 bits per heavy atom. The number of aromatic amines is 1. The molecule has 1 aliphatic carbocycles. The molecule has 0 atom stereocenters. The SMILES string of the molecule is O=c1[nH]c2cc(Nc3ccccc3)c(N3CCCCC3)cc2n1CC1CCCCC1. The number of imidazole rings is 1. The summed E-state index contributed by atoms with van der Waals surface area (Å²) >= 11 is 0. The second-order valence-corrected chi connectivity index (χ2v) is 8.97. The summed E-state index contributed by atoms with van der Waals surface area (Å²) in [5.74, 6) is 0.621. The molecule has 2 heterocycles. The van der Waals surface area contributed by atoms with Crippen LogP contribution in [-0.2, 0) is 6.54 Å². The van der Waals surface area contributed by atoms with Crippen LogP contribution >= 0.6 is 0 Å². The highest BCUT2D eigenvalue weighted by atomic mass is 16.1. The van der Waals surface area contributed by atoms with Crippen LogP contribution in [0.2, 0.25) is 0 Å². The van der Waals surface area contributed by atoms with E-state index >= 15 is 0 Å². The first-order valence-electron chi connectivity index (χ1n) is 11.6. The molecule has 2 aromatic carbocycles. The lowest BCUT2D eigenvalue weighted by Crippen LogP contribution is -2.30. The van der Waals surface area contributed by atoms with Crippen LogP contribution in [0.25, 0.3) is 11.0 Å². The van der Waals surface area contributed by atoms with Gasteiger partial charge in [-0.1, -0.05) is 37.5 Å². The minimum Gasteiger partial charge on any atom is -0.370 e. The molecule has 3 aromatic rings. The Hall–Kier alpha value is -2.69. The summed E-state index contributed by atoms with van der Waals surface area (Å²) in [7, 11) is 0. The fourth-order valence-electron chi connectivity index (χ4n) is 5.18. The average molecular weight is 405 g/mol. The van der Waals surface area contributed by atoms with Gasteiger partial charge in [-0.15, -0.1) is 0 Å². The number of hydrogen-bond donors (Lipinski definition) is 2. The first kappa shape index (κ1) is 19.3. The van der Waals surface area contributed by atoms with Gasteiger partial charge in [0.2, 0.25) is 0 Å². The number of anilines is 3. The summed E-state index contributed by atoms with van der Waals surface area (Å²) in [6, 6.07) is 14.7. The van der Waals surface area contributed by atoms with Gasteiger partial charge in [0.1, 0.15) is 0 Å². The molecule has 5 heteroatoms. The van der Waals surface area contributed by atoms with E-state index in [1.165, 1.54) is 57.1 Å². The van der Waals surface area contributed by atoms with Crippen molar-refractivity contribution in [3.8, 4) is 0 Å². The van der Waals surface area contributed by atoms with E-state index in [1.54, 1.807) is 0 Å². The summed E-state index contributed by atoms with van der Waals surface area (Å²) in [4.78, 5) is 18.4. The van der Waals surface area contributed by atoms with E-state index in [4.69, 9.17) is 0 Å². The van der Waals surface area contributed by atoms with Gasteiger partial charge in [-0.3, -0.25) is 4.57 Å². The van der Waals surface area contributed by atoms with Gasteiger partial charge in [-0.2, -0.15) is 0 Å². The molecule has 0 bridgehead atoms. The van der Waals surface area contributed by atoms with Crippen LogP contribution in [-0.4, -0.2) is 22.6 Å². The average Bonchev–Trinajstić information content (AvgIpc) is 3.09. The van der Waals surface area contributed by atoms with Crippen LogP contribution in [0, 0.1) is 5.92 Å². The van der Waals surface area contributed by atoms with Crippen molar-refractivity contribution >= 4 is 28.1 Å². The van der Waals surface area contributed by atoms with Gasteiger partial charge < -0.3 is 15.2 Å². The first-order chi connectivity index (χ1) is 14.8. The number of nitrogens with zero attached hydrogens (tertiary/aromatic N) is 2. The summed E-state index contributed by atoms with van der Waals surface area (Å²) < 4.78 is 1.99. The van der Waals surface area contributed by atoms with Crippen LogP contribution in [0.4, 0.5) is 17.1 Å². The van der Waals surface area contributed by atoms with E-state index in [0.29, 0.717) is 5.92 Å². The molecule has 0 unspecified atom stereocenters. The minimum absolute atomic E-state index is 0.0250. The van der Waals surface area contributed by atoms with Crippen LogP contribution in [0.3, 0.4) is 0 Å². The Balaban J connectivity index is 1.55. The van der Waals surface area contributed by atoms with E-state index in [-0.39, 0.29) is 5.69 Å². The number of H-pyrrole nitrogens is 1. The monoisotopic (exact) mass is 404 g/mol. The van der Waals surface area contributed by atoms with E-state index in [2.05, 4.69) is 39.5 Å². The molecule has 2 aliphatic rings. The predicted octanol–water partition coefficient (Wildman–Crippen LogP) is 5.64. The molecule has 1 saturated heterocycles. The maximum atomic E-state index is 12.8. The predicted molar refractivity (Wildman–Crippen MR) is 125 cm³/mol. The van der Waals surface area contributed by atoms with Crippen molar-refractivity contribution < 1.29 is 0 Å². The second kappa shape index (κ2) is 8.58. The molecule has 0 amide bonds. The van der Waals surface area contributed by atoms with E-state index in [9.17, 15) is 4.79 Å². The third-order valence-electron chi connectivity index (χ3n) is 6.81. The quantitative estimate of drug-likeness (QED) is 0.578. The van der Waals surface area contributed by atoms with Gasteiger partial charge in [-0.25, -0.2) is 4.79 Å². The lowest BCUT2D eigenvalue weighted by molar-refractivity contribution is 0.319. The topological polar surface area (TPSA) is 53.1 Å². The molecular weight excluding hydrogens is 372 g/mol. The molecule has 5 nitrogen and oxygen atoms in total. The van der Waals surface area contributed by atoms with Crippen molar-refractivity contribution in [1.82, 2.24) is 9.55 Å². The maximum absolute atomic E-state index is 12.8. The summed E-state index contributed by atoms with van der Waals surface area (Å²) in [6.07, 6.45) is 10.2. The standard InChI is InChI=1S/C25H32N4O/c30-25-27-22-16-21(26-20-12-6-2-7-13-20)23(28-14-8-3-9-15-28)17-24(22)29(25)18-19-10-4-1-5-11-19/h2,6-7,12-13,16-17,19,26H,1,3-5,8-11,14-15,18H2,(H,27,30). The highest BCUT2D eigenvalue weighted by Gasteiger charge is 2.20. The van der Waals surface area contributed by atoms with Gasteiger partial charge in [0, 0.05) is 25.3 Å². The molecule has 1 aliphatic heterocycles.